The average molecular weight is 480 g/mol. The van der Waals surface area contributed by atoms with E-state index in [1.165, 1.54) is 12.3 Å². The van der Waals surface area contributed by atoms with E-state index in [4.69, 9.17) is 4.74 Å². The first-order valence-corrected chi connectivity index (χ1v) is 11.1. The van der Waals surface area contributed by atoms with E-state index in [-0.39, 0.29) is 42.1 Å². The Morgan fingerprint density at radius 3 is 2.60 bits per heavy atom. The summed E-state index contributed by atoms with van der Waals surface area (Å²) in [5, 5.41) is 15.6. The van der Waals surface area contributed by atoms with E-state index in [0.717, 1.165) is 12.1 Å². The fourth-order valence-corrected chi connectivity index (χ4v) is 5.80. The van der Waals surface area contributed by atoms with Crippen LogP contribution in [0.3, 0.4) is 0 Å². The van der Waals surface area contributed by atoms with Crippen LogP contribution in [-0.2, 0) is 15.1 Å². The first-order valence-electron chi connectivity index (χ1n) is 11.1. The minimum atomic E-state index is -1.08. The molecular weight excluding hydrogens is 462 g/mol. The summed E-state index contributed by atoms with van der Waals surface area (Å²) in [5.74, 6) is -3.28. The van der Waals surface area contributed by atoms with Crippen LogP contribution in [0.25, 0.3) is 0 Å². The quantitative estimate of drug-likeness (QED) is 0.363. The Labute approximate surface area is 196 Å². The summed E-state index contributed by atoms with van der Waals surface area (Å²) in [6, 6.07) is 3.21. The summed E-state index contributed by atoms with van der Waals surface area (Å²) in [5.41, 5.74) is 1.18. The summed E-state index contributed by atoms with van der Waals surface area (Å²) in [7, 11) is 0. The van der Waals surface area contributed by atoms with Gasteiger partial charge >= 0.3 is 0 Å². The highest BCUT2D eigenvalue weighted by molar-refractivity contribution is 6.44. The molecule has 0 radical (unpaired) electrons. The molecule has 178 valence electrons. The van der Waals surface area contributed by atoms with E-state index in [0.29, 0.717) is 28.8 Å². The second-order valence-electron chi connectivity index (χ2n) is 9.57. The lowest BCUT2D eigenvalue weighted by molar-refractivity contribution is -0.130. The number of benzene rings is 1. The minimum Gasteiger partial charge on any atom is -0.376 e. The van der Waals surface area contributed by atoms with Crippen molar-refractivity contribution < 1.29 is 27.9 Å². The van der Waals surface area contributed by atoms with Crippen LogP contribution in [-0.4, -0.2) is 50.8 Å². The van der Waals surface area contributed by atoms with Gasteiger partial charge in [-0.05, 0) is 36.5 Å². The van der Waals surface area contributed by atoms with Gasteiger partial charge < -0.3 is 19.9 Å². The molecule has 3 fully saturated rings. The van der Waals surface area contributed by atoms with Crippen molar-refractivity contribution in [2.24, 2.45) is 11.8 Å². The topological polar surface area (TPSA) is 131 Å². The molecule has 2 amide bonds. The summed E-state index contributed by atoms with van der Waals surface area (Å²) in [6.07, 6.45) is 1.54. The number of amides is 2. The van der Waals surface area contributed by atoms with Crippen molar-refractivity contribution in [3.05, 3.63) is 64.2 Å². The van der Waals surface area contributed by atoms with Gasteiger partial charge in [0.15, 0.2) is 11.6 Å². The molecule has 2 aromatic heterocycles. The lowest BCUT2D eigenvalue weighted by atomic mass is 9.92. The third-order valence-electron chi connectivity index (χ3n) is 7.66. The van der Waals surface area contributed by atoms with Gasteiger partial charge in [0, 0.05) is 35.6 Å². The van der Waals surface area contributed by atoms with E-state index < -0.39 is 34.8 Å². The van der Waals surface area contributed by atoms with Crippen molar-refractivity contribution >= 4 is 23.3 Å². The van der Waals surface area contributed by atoms with Crippen LogP contribution < -0.4 is 10.6 Å². The van der Waals surface area contributed by atoms with Gasteiger partial charge in [-0.15, -0.1) is 5.10 Å². The molecular formula is C23H18F2N6O4. The largest absolute Gasteiger partial charge is 0.376 e. The second kappa shape index (κ2) is 6.60. The standard InChI is InChI=1S/C23H18F2N6O4/c1-8-13(20(32)22(34)28-23(6-35-7-23)12-5-26-30-29-12)18-14-15-16(14)19(15)31(18)17(8)21(33)27-9-2-3-10(24)11(25)4-9/h2-5,14-16,19H,6-7H2,1H3,(H,27,33)(H,28,34)(H,26,29,30)/t14?,15-,16?,19-/m0/s1. The van der Waals surface area contributed by atoms with Gasteiger partial charge in [0.2, 0.25) is 0 Å². The molecule has 1 aromatic carbocycles. The predicted molar refractivity (Wildman–Crippen MR) is 114 cm³/mol. The van der Waals surface area contributed by atoms with E-state index in [1.807, 2.05) is 4.57 Å². The number of ether oxygens (including phenoxy) is 1. The monoisotopic (exact) mass is 480 g/mol. The number of ketones is 1. The van der Waals surface area contributed by atoms with Crippen LogP contribution in [0.15, 0.2) is 24.4 Å². The van der Waals surface area contributed by atoms with E-state index in [1.54, 1.807) is 6.92 Å². The molecule has 2 aliphatic carbocycles. The number of Topliss-reactive ketones (excluding diaryl/α,β-unsaturated/α-hetero) is 1. The zero-order valence-corrected chi connectivity index (χ0v) is 18.3. The van der Waals surface area contributed by atoms with Gasteiger partial charge in [0.05, 0.1) is 18.8 Å². The van der Waals surface area contributed by atoms with Crippen LogP contribution in [0.2, 0.25) is 0 Å². The van der Waals surface area contributed by atoms with Gasteiger partial charge in [-0.2, -0.15) is 0 Å². The first kappa shape index (κ1) is 20.4. The van der Waals surface area contributed by atoms with E-state index in [2.05, 4.69) is 26.0 Å². The summed E-state index contributed by atoms with van der Waals surface area (Å²) in [4.78, 5) is 39.7. The lowest BCUT2D eigenvalue weighted by Gasteiger charge is -2.39. The van der Waals surface area contributed by atoms with Crippen molar-refractivity contribution in [1.29, 1.82) is 0 Å². The normalized spacial score (nSPS) is 25.8. The molecule has 8 rings (SSSR count). The van der Waals surface area contributed by atoms with E-state index >= 15 is 0 Å². The van der Waals surface area contributed by atoms with Gasteiger partial charge in [0.25, 0.3) is 17.6 Å². The highest BCUT2D eigenvalue weighted by Crippen LogP contribution is 2.86. The molecule has 3 aromatic rings. The van der Waals surface area contributed by atoms with Crippen molar-refractivity contribution in [2.45, 2.75) is 24.4 Å². The number of aromatic nitrogens is 4. The maximum atomic E-state index is 13.6. The number of halogens is 2. The van der Waals surface area contributed by atoms with Crippen LogP contribution in [0.1, 0.15) is 49.8 Å². The van der Waals surface area contributed by atoms with Gasteiger partial charge in [0.1, 0.15) is 16.9 Å². The average Bonchev–Trinajstić information content (AvgIpc) is 3.38. The molecule has 10 nitrogen and oxygen atoms in total. The highest BCUT2D eigenvalue weighted by atomic mass is 19.2. The molecule has 12 heteroatoms. The fraction of sp³-hybridized carbons (Fsp3) is 0.348. The van der Waals surface area contributed by atoms with Crippen molar-refractivity contribution in [3.63, 3.8) is 0 Å². The molecule has 2 unspecified atom stereocenters. The Kier molecular flexibility index (Phi) is 3.85. The number of hydrogen-bond donors (Lipinski definition) is 3. The van der Waals surface area contributed by atoms with Crippen molar-refractivity contribution in [1.82, 2.24) is 25.3 Å². The molecule has 0 spiro atoms. The van der Waals surface area contributed by atoms with Crippen LogP contribution in [0.4, 0.5) is 14.5 Å². The minimum absolute atomic E-state index is 0.0895. The lowest BCUT2D eigenvalue weighted by Crippen LogP contribution is -2.60. The summed E-state index contributed by atoms with van der Waals surface area (Å²) in [6.45, 7) is 1.94. The number of rotatable bonds is 6. The third kappa shape index (κ3) is 2.62. The number of nitrogens with one attached hydrogen (secondary N) is 3. The molecule has 3 N–H and O–H groups in total. The molecule has 2 saturated carbocycles. The second-order valence-corrected chi connectivity index (χ2v) is 9.57. The Hall–Kier alpha value is -3.93. The molecule has 4 atom stereocenters. The zero-order valence-electron chi connectivity index (χ0n) is 18.3. The van der Waals surface area contributed by atoms with Gasteiger partial charge in [-0.25, -0.2) is 8.78 Å². The summed E-state index contributed by atoms with van der Waals surface area (Å²) >= 11 is 0. The number of hydrogen-bond acceptors (Lipinski definition) is 6. The molecule has 5 heterocycles. The van der Waals surface area contributed by atoms with Crippen LogP contribution in [0, 0.1) is 30.4 Å². The zero-order chi connectivity index (χ0) is 24.2. The molecule has 2 bridgehead atoms. The van der Waals surface area contributed by atoms with Crippen LogP contribution >= 0.6 is 0 Å². The Morgan fingerprint density at radius 2 is 1.97 bits per heavy atom. The maximum absolute atomic E-state index is 13.6. The van der Waals surface area contributed by atoms with Crippen molar-refractivity contribution in [2.75, 3.05) is 18.5 Å². The smallest absolute Gasteiger partial charge is 0.293 e. The van der Waals surface area contributed by atoms with Crippen LogP contribution in [0.5, 0.6) is 0 Å². The Morgan fingerprint density at radius 1 is 1.20 bits per heavy atom. The third-order valence-corrected chi connectivity index (χ3v) is 7.66. The highest BCUT2D eigenvalue weighted by Gasteiger charge is 2.81. The molecule has 1 saturated heterocycles. The summed E-state index contributed by atoms with van der Waals surface area (Å²) < 4.78 is 34.0. The number of H-pyrrole nitrogens is 1. The maximum Gasteiger partial charge on any atom is 0.293 e. The number of nitrogens with zero attached hydrogens (tertiary/aromatic N) is 3. The Balaban J connectivity index is 1.21. The Bertz CT molecular complexity index is 1450. The number of anilines is 1. The fourth-order valence-electron chi connectivity index (χ4n) is 5.80. The van der Waals surface area contributed by atoms with Gasteiger partial charge in [-0.1, -0.05) is 5.21 Å². The molecule has 5 aliphatic rings. The first-order chi connectivity index (χ1) is 16.8. The molecule has 35 heavy (non-hydrogen) atoms. The predicted octanol–water partition coefficient (Wildman–Crippen LogP) is 1.57. The van der Waals surface area contributed by atoms with E-state index in [9.17, 15) is 23.2 Å². The van der Waals surface area contributed by atoms with Crippen molar-refractivity contribution in [3.8, 4) is 0 Å². The number of carbonyl (C=O) groups excluding carboxylic acids is 3. The van der Waals surface area contributed by atoms with Gasteiger partial charge in [-0.3, -0.25) is 19.5 Å². The SMILES string of the molecule is Cc1c(C(=O)C(=O)NC2(c3c[nH]nn3)COC2)c2n(c1C(=O)Nc1ccc(F)c(F)c1)[C@@H]1C3C2[C@@H]31. The number of aromatic amines is 1. The molecule has 3 aliphatic heterocycles. The number of carbonyl (C=O) groups is 3.